The maximum absolute atomic E-state index is 11.1. The van der Waals surface area contributed by atoms with E-state index in [0.29, 0.717) is 18.1 Å². The minimum absolute atomic E-state index is 0. The van der Waals surface area contributed by atoms with Crippen molar-refractivity contribution in [2.75, 3.05) is 27.0 Å². The average Bonchev–Trinajstić information content (AvgIpc) is 4.02. The molecular formula is C47H83Fe2NNp2O3P2+2. The van der Waals surface area contributed by atoms with E-state index in [9.17, 15) is 4.79 Å². The Labute approximate surface area is 421 Å². The van der Waals surface area contributed by atoms with Crippen molar-refractivity contribution in [1.29, 1.82) is 0 Å². The third kappa shape index (κ3) is 25.0. The topological polar surface area (TPSA) is 47.6 Å². The minimum atomic E-state index is -0.564. The quantitative estimate of drug-likeness (QED) is 0.163. The van der Waals surface area contributed by atoms with Crippen LogP contribution in [0.3, 0.4) is 0 Å². The minimum Gasteiger partial charge on any atom is -0.462 e. The molecule has 5 aliphatic rings. The molecule has 4 aliphatic carbocycles. The van der Waals surface area contributed by atoms with Crippen LogP contribution >= 0.6 is 15.8 Å². The number of benzene rings is 2. The van der Waals surface area contributed by atoms with E-state index in [-0.39, 0.29) is 121 Å². The van der Waals surface area contributed by atoms with E-state index in [1.165, 1.54) is 128 Å². The van der Waals surface area contributed by atoms with Gasteiger partial charge in [0.2, 0.25) is 0 Å². The van der Waals surface area contributed by atoms with Gasteiger partial charge in [-0.1, -0.05) is 108 Å². The number of nitrogens with one attached hydrogen (secondary N) is 1. The Kier molecular flexibility index (Phi) is 42.3. The molecule has 1 saturated heterocycles. The molecule has 328 valence electrons. The van der Waals surface area contributed by atoms with Crippen molar-refractivity contribution in [3.05, 3.63) is 60.7 Å². The van der Waals surface area contributed by atoms with E-state index in [1.807, 2.05) is 0 Å². The van der Waals surface area contributed by atoms with Crippen LogP contribution in [-0.2, 0) is 48.4 Å². The van der Waals surface area contributed by atoms with Crippen LogP contribution in [0.5, 0.6) is 0 Å². The summed E-state index contributed by atoms with van der Waals surface area (Å²) in [4.78, 5) is 11.1. The largest absolute Gasteiger partial charge is 0.462 e. The Hall–Kier alpha value is 1.75. The first-order valence-corrected chi connectivity index (χ1v) is 25.6. The van der Waals surface area contributed by atoms with E-state index in [4.69, 9.17) is 9.47 Å². The van der Waals surface area contributed by atoms with Gasteiger partial charge in [0.1, 0.15) is 6.10 Å². The van der Waals surface area contributed by atoms with Gasteiger partial charge < -0.3 is 14.8 Å². The van der Waals surface area contributed by atoms with Gasteiger partial charge in [-0.05, 0) is 103 Å². The van der Waals surface area contributed by atoms with Gasteiger partial charge in [0, 0.05) is 141 Å². The molecule has 10 heteroatoms. The molecule has 5 fully saturated rings. The van der Waals surface area contributed by atoms with E-state index in [1.54, 1.807) is 5.30 Å². The molecule has 0 spiro atoms. The monoisotopic (exact) mass is 1360 g/mol. The number of carbonyl (C=O) groups is 1. The van der Waals surface area contributed by atoms with Crippen molar-refractivity contribution in [3.8, 4) is 0 Å². The first-order chi connectivity index (χ1) is 25.2. The molecule has 57 heavy (non-hydrogen) atoms. The second kappa shape index (κ2) is 38.2. The summed E-state index contributed by atoms with van der Waals surface area (Å²) in [6, 6.07) is 22.7. The second-order valence-corrected chi connectivity index (χ2v) is 21.6. The smallest absolute Gasteiger partial charge is 0.302 e. The van der Waals surface area contributed by atoms with Crippen molar-refractivity contribution >= 4 is 32.4 Å². The molecule has 4 saturated carbocycles. The zero-order chi connectivity index (χ0) is 37.6. The molecule has 9 atom stereocenters. The number of hydrogen-bond acceptors (Lipinski definition) is 4. The van der Waals surface area contributed by atoms with E-state index in [2.05, 4.69) is 107 Å². The first kappa shape index (κ1) is 63.0. The SMILES string of the molecule is C.C1CCCC1.C1CCCC1.CC(=O)O[C@H](C)C1CCCC1[PH+](C)c1ccccc1.CC1CCCO1.CN[C@H](C)C1CCCC1[PH+](C)c1ccccc1.[Fe].[Fe].[Np].[Np]. The van der Waals surface area contributed by atoms with Gasteiger partial charge in [-0.2, -0.15) is 0 Å². The van der Waals surface area contributed by atoms with Crippen LogP contribution in [0.15, 0.2) is 60.7 Å². The number of rotatable bonds is 8. The Balaban J connectivity index is -0.000000695. The van der Waals surface area contributed by atoms with E-state index < -0.39 is 7.92 Å². The summed E-state index contributed by atoms with van der Waals surface area (Å²) in [6.45, 7) is 13.9. The molecular weight excluding hydrogens is 1270 g/mol. The maximum Gasteiger partial charge on any atom is 0.302 e. The van der Waals surface area contributed by atoms with Crippen LogP contribution < -0.4 is 15.9 Å². The normalized spacial score (nSPS) is 24.8. The average molecular weight is 1360 g/mol. The fourth-order valence-corrected chi connectivity index (χ4v) is 14.9. The zero-order valence-electron chi connectivity index (χ0n) is 36.1. The Morgan fingerprint density at radius 2 is 1.04 bits per heavy atom. The van der Waals surface area contributed by atoms with Gasteiger partial charge >= 0.3 is 5.97 Å². The predicted octanol–water partition coefficient (Wildman–Crippen LogP) is 11.9. The number of hydrogen-bond donors (Lipinski definition) is 1. The number of ether oxygens (including phenoxy) is 2. The molecule has 1 heterocycles. The van der Waals surface area contributed by atoms with Crippen molar-refractivity contribution in [1.82, 2.24) is 5.32 Å². The third-order valence-electron chi connectivity index (χ3n) is 12.4. The standard InChI is InChI=1S/C16H23O2P.C15H24NP.C5H10O.2C5H10.CH4.2Fe.2Np/c1-12(18-13(2)17)15-10-7-11-16(15)19(3)14-8-5-4-6-9-14;1-12(16-2)14-10-7-11-15(14)17(3)13-8-5-4-6-9-13;1-5-3-2-4-6-5;2*1-2-4-5-3-1;;;;;/h4-6,8-9,12,15-16H,7,10-11H2,1-3H3;4-6,8-9,12,14-16H,7,10-11H2,1-3H3;5H,2-4H2,1H3;2*1-5H2;1H4;;;;/p+2/t12-,15?,16?,19?;12-,14?,15?,17?;;;;;;;;/m11......../s1. The van der Waals surface area contributed by atoms with Gasteiger partial charge in [-0.15, -0.1) is 0 Å². The molecule has 1 N–H and O–H groups in total. The van der Waals surface area contributed by atoms with Crippen molar-refractivity contribution in [2.45, 2.75) is 180 Å². The second-order valence-electron chi connectivity index (χ2n) is 16.3. The summed E-state index contributed by atoms with van der Waals surface area (Å²) in [5.41, 5.74) is 1.67. The summed E-state index contributed by atoms with van der Waals surface area (Å²) in [6.07, 6.45) is 26.2. The van der Waals surface area contributed by atoms with Crippen LogP contribution in [0.2, 0.25) is 0 Å². The van der Waals surface area contributed by atoms with Crippen molar-refractivity contribution in [2.24, 2.45) is 11.8 Å². The van der Waals surface area contributed by atoms with Crippen molar-refractivity contribution in [3.63, 3.8) is 0 Å². The van der Waals surface area contributed by atoms with Crippen LogP contribution in [0.1, 0.15) is 151 Å². The zero-order valence-corrected chi connectivity index (χ0v) is 47.7. The summed E-state index contributed by atoms with van der Waals surface area (Å²) >= 11 is 0. The maximum atomic E-state index is 11.1. The van der Waals surface area contributed by atoms with Gasteiger partial charge in [-0.3, -0.25) is 4.79 Å². The molecule has 4 nitrogen and oxygen atoms in total. The number of carbonyl (C=O) groups excluding carboxylic acids is 1. The van der Waals surface area contributed by atoms with E-state index in [0.717, 1.165) is 23.8 Å². The van der Waals surface area contributed by atoms with Crippen LogP contribution in [0, 0.1) is 71.7 Å². The summed E-state index contributed by atoms with van der Waals surface area (Å²) < 4.78 is 10.6. The molecule has 0 amide bonds. The molecule has 2 aromatic carbocycles. The molecule has 7 unspecified atom stereocenters. The van der Waals surface area contributed by atoms with Crippen LogP contribution in [0.25, 0.3) is 0 Å². The van der Waals surface area contributed by atoms with Gasteiger partial charge in [-0.25, -0.2) is 0 Å². The third-order valence-corrected chi connectivity index (χ3v) is 18.6. The summed E-state index contributed by atoms with van der Waals surface area (Å²) in [7, 11) is 1.15. The molecule has 0 aromatic heterocycles. The van der Waals surface area contributed by atoms with Crippen molar-refractivity contribution < 1.29 is 108 Å². The molecule has 7 rings (SSSR count). The molecule has 1 aliphatic heterocycles. The van der Waals surface area contributed by atoms with Gasteiger partial charge in [0.25, 0.3) is 0 Å². The predicted molar refractivity (Wildman–Crippen MR) is 240 cm³/mol. The van der Waals surface area contributed by atoms with E-state index >= 15 is 0 Å². The van der Waals surface area contributed by atoms with Gasteiger partial charge in [0.05, 0.1) is 41.4 Å². The Morgan fingerprint density at radius 1 is 0.649 bits per heavy atom. The fourth-order valence-electron chi connectivity index (χ4n) is 9.11. The first-order valence-electron chi connectivity index (χ1n) is 21.5. The molecule has 0 bridgehead atoms. The fraction of sp³-hybridized carbons (Fsp3) is 0.723. The molecule has 2 radical (unpaired) electrons. The number of esters is 1. The Bertz CT molecular complexity index is 1170. The van der Waals surface area contributed by atoms with Gasteiger partial charge in [0.15, 0.2) is 0 Å². The summed E-state index contributed by atoms with van der Waals surface area (Å²) in [5, 5.41) is 6.57. The van der Waals surface area contributed by atoms with Crippen LogP contribution in [0.4, 0.5) is 0 Å². The Morgan fingerprint density at radius 3 is 1.35 bits per heavy atom. The molecule has 2 aromatic rings. The van der Waals surface area contributed by atoms with Crippen LogP contribution in [-0.4, -0.2) is 62.5 Å². The summed E-state index contributed by atoms with van der Waals surface area (Å²) in [5.74, 6) is 1.28.